The SMILES string of the molecule is CCOC(=O)CC(C)C(C#N)C(=O)OCC. The van der Waals surface area contributed by atoms with Gasteiger partial charge in [-0.2, -0.15) is 5.26 Å². The van der Waals surface area contributed by atoms with Crippen LogP contribution in [0.3, 0.4) is 0 Å². The Morgan fingerprint density at radius 1 is 1.25 bits per heavy atom. The summed E-state index contributed by atoms with van der Waals surface area (Å²) in [6, 6.07) is 1.85. The molecule has 0 rings (SSSR count). The molecule has 2 unspecified atom stereocenters. The van der Waals surface area contributed by atoms with Gasteiger partial charge in [-0.1, -0.05) is 6.92 Å². The summed E-state index contributed by atoms with van der Waals surface area (Å²) in [4.78, 5) is 22.5. The Hall–Kier alpha value is -1.57. The summed E-state index contributed by atoms with van der Waals surface area (Å²) in [5.41, 5.74) is 0. The van der Waals surface area contributed by atoms with Crippen LogP contribution in [-0.2, 0) is 19.1 Å². The molecule has 0 saturated heterocycles. The van der Waals surface area contributed by atoms with Crippen LogP contribution in [0.25, 0.3) is 0 Å². The molecular weight excluding hydrogens is 210 g/mol. The first-order valence-corrected chi connectivity index (χ1v) is 5.28. The van der Waals surface area contributed by atoms with Gasteiger partial charge in [-0.25, -0.2) is 0 Å². The van der Waals surface area contributed by atoms with Crippen molar-refractivity contribution in [1.82, 2.24) is 0 Å². The van der Waals surface area contributed by atoms with Crippen LogP contribution >= 0.6 is 0 Å². The van der Waals surface area contributed by atoms with Crippen LogP contribution in [0, 0.1) is 23.2 Å². The van der Waals surface area contributed by atoms with Gasteiger partial charge in [0.2, 0.25) is 0 Å². The van der Waals surface area contributed by atoms with Gasteiger partial charge in [0.15, 0.2) is 0 Å². The fourth-order valence-electron chi connectivity index (χ4n) is 1.24. The van der Waals surface area contributed by atoms with E-state index in [1.165, 1.54) is 0 Å². The second kappa shape index (κ2) is 7.69. The molecular formula is C11H17NO4. The largest absolute Gasteiger partial charge is 0.466 e. The van der Waals surface area contributed by atoms with Crippen LogP contribution in [0.2, 0.25) is 0 Å². The molecule has 0 fully saturated rings. The molecule has 16 heavy (non-hydrogen) atoms. The number of nitrogens with zero attached hydrogens (tertiary/aromatic N) is 1. The molecule has 0 aliphatic rings. The molecule has 0 aromatic carbocycles. The van der Waals surface area contributed by atoms with E-state index in [-0.39, 0.29) is 13.0 Å². The fraction of sp³-hybridized carbons (Fsp3) is 0.727. The van der Waals surface area contributed by atoms with E-state index in [0.29, 0.717) is 6.61 Å². The van der Waals surface area contributed by atoms with Crippen LogP contribution < -0.4 is 0 Å². The van der Waals surface area contributed by atoms with E-state index in [4.69, 9.17) is 14.7 Å². The van der Waals surface area contributed by atoms with Crippen molar-refractivity contribution in [1.29, 1.82) is 5.26 Å². The van der Waals surface area contributed by atoms with Gasteiger partial charge in [-0.3, -0.25) is 9.59 Å². The lowest BCUT2D eigenvalue weighted by atomic mass is 9.92. The lowest BCUT2D eigenvalue weighted by Crippen LogP contribution is -2.25. The highest BCUT2D eigenvalue weighted by Crippen LogP contribution is 2.17. The summed E-state index contributed by atoms with van der Waals surface area (Å²) in [6.45, 7) is 5.55. The minimum Gasteiger partial charge on any atom is -0.466 e. The monoisotopic (exact) mass is 227 g/mol. The van der Waals surface area contributed by atoms with Gasteiger partial charge in [-0.15, -0.1) is 0 Å². The molecule has 2 atom stereocenters. The van der Waals surface area contributed by atoms with Crippen LogP contribution in [0.4, 0.5) is 0 Å². The van der Waals surface area contributed by atoms with Crippen molar-refractivity contribution in [2.24, 2.45) is 11.8 Å². The third-order valence-electron chi connectivity index (χ3n) is 2.04. The Morgan fingerprint density at radius 3 is 2.25 bits per heavy atom. The van der Waals surface area contributed by atoms with Gasteiger partial charge in [0, 0.05) is 6.42 Å². The smallest absolute Gasteiger partial charge is 0.323 e. The molecule has 0 N–H and O–H groups in total. The summed E-state index contributed by atoms with van der Waals surface area (Å²) in [7, 11) is 0. The van der Waals surface area contributed by atoms with E-state index in [0.717, 1.165) is 0 Å². The number of rotatable bonds is 6. The van der Waals surface area contributed by atoms with Crippen molar-refractivity contribution in [2.45, 2.75) is 27.2 Å². The molecule has 0 amide bonds. The first-order valence-electron chi connectivity index (χ1n) is 5.28. The average molecular weight is 227 g/mol. The van der Waals surface area contributed by atoms with Gasteiger partial charge in [0.05, 0.1) is 19.3 Å². The van der Waals surface area contributed by atoms with Crippen molar-refractivity contribution >= 4 is 11.9 Å². The summed E-state index contributed by atoms with van der Waals surface area (Å²) < 4.78 is 9.49. The standard InChI is InChI=1S/C11H17NO4/c1-4-15-10(13)6-8(3)9(7-12)11(14)16-5-2/h8-9H,4-6H2,1-3H3. The quantitative estimate of drug-likeness (QED) is 0.639. The number of carbonyl (C=O) groups excluding carboxylic acids is 2. The van der Waals surface area contributed by atoms with Crippen molar-refractivity contribution in [3.8, 4) is 6.07 Å². The Kier molecular flexibility index (Phi) is 6.93. The molecule has 5 nitrogen and oxygen atoms in total. The maximum Gasteiger partial charge on any atom is 0.323 e. The molecule has 0 aromatic rings. The van der Waals surface area contributed by atoms with Crippen molar-refractivity contribution in [3.05, 3.63) is 0 Å². The number of hydrogen-bond donors (Lipinski definition) is 0. The van der Waals surface area contributed by atoms with E-state index in [9.17, 15) is 9.59 Å². The lowest BCUT2D eigenvalue weighted by molar-refractivity contribution is -0.149. The average Bonchev–Trinajstić information content (AvgIpc) is 2.19. The predicted molar refractivity (Wildman–Crippen MR) is 56.2 cm³/mol. The number of hydrogen-bond acceptors (Lipinski definition) is 5. The van der Waals surface area contributed by atoms with Crippen LogP contribution in [0.1, 0.15) is 27.2 Å². The molecule has 0 radical (unpaired) electrons. The summed E-state index contributed by atoms with van der Waals surface area (Å²) >= 11 is 0. The molecule has 90 valence electrons. The molecule has 5 heteroatoms. The Morgan fingerprint density at radius 2 is 1.81 bits per heavy atom. The Balaban J connectivity index is 4.32. The van der Waals surface area contributed by atoms with Crippen LogP contribution in [-0.4, -0.2) is 25.2 Å². The second-order valence-corrected chi connectivity index (χ2v) is 3.35. The zero-order valence-electron chi connectivity index (χ0n) is 9.86. The third kappa shape index (κ3) is 4.78. The van der Waals surface area contributed by atoms with Gasteiger partial charge >= 0.3 is 11.9 Å². The van der Waals surface area contributed by atoms with Crippen molar-refractivity contribution < 1.29 is 19.1 Å². The second-order valence-electron chi connectivity index (χ2n) is 3.35. The summed E-state index contributed by atoms with van der Waals surface area (Å²) in [6.07, 6.45) is 0.0465. The highest BCUT2D eigenvalue weighted by Gasteiger charge is 2.28. The molecule has 0 aliphatic heterocycles. The van der Waals surface area contributed by atoms with Gasteiger partial charge in [0.1, 0.15) is 5.92 Å². The molecule has 0 bridgehead atoms. The number of carbonyl (C=O) groups is 2. The number of ether oxygens (including phenoxy) is 2. The van der Waals surface area contributed by atoms with Crippen LogP contribution in [0.5, 0.6) is 0 Å². The maximum absolute atomic E-state index is 11.4. The molecule has 0 aromatic heterocycles. The first kappa shape index (κ1) is 14.4. The number of esters is 2. The highest BCUT2D eigenvalue weighted by atomic mass is 16.5. The summed E-state index contributed by atoms with van der Waals surface area (Å²) in [5, 5.41) is 8.83. The van der Waals surface area contributed by atoms with Gasteiger partial charge in [0.25, 0.3) is 0 Å². The van der Waals surface area contributed by atoms with Crippen molar-refractivity contribution in [2.75, 3.05) is 13.2 Å². The minimum atomic E-state index is -0.913. The Bertz CT molecular complexity index is 282. The normalized spacial score (nSPS) is 13.4. The zero-order valence-corrected chi connectivity index (χ0v) is 9.86. The first-order chi connectivity index (χ1) is 7.56. The Labute approximate surface area is 95.3 Å². The highest BCUT2D eigenvalue weighted by molar-refractivity contribution is 5.77. The lowest BCUT2D eigenvalue weighted by Gasteiger charge is -2.15. The van der Waals surface area contributed by atoms with Crippen molar-refractivity contribution in [3.63, 3.8) is 0 Å². The maximum atomic E-state index is 11.4. The van der Waals surface area contributed by atoms with Gasteiger partial charge in [-0.05, 0) is 19.8 Å². The van der Waals surface area contributed by atoms with E-state index in [2.05, 4.69) is 0 Å². The van der Waals surface area contributed by atoms with E-state index < -0.39 is 23.8 Å². The topological polar surface area (TPSA) is 76.4 Å². The zero-order chi connectivity index (χ0) is 12.6. The van der Waals surface area contributed by atoms with Gasteiger partial charge < -0.3 is 9.47 Å². The van der Waals surface area contributed by atoms with E-state index >= 15 is 0 Å². The third-order valence-corrected chi connectivity index (χ3v) is 2.04. The fourth-order valence-corrected chi connectivity index (χ4v) is 1.24. The predicted octanol–water partition coefficient (Wildman–Crippen LogP) is 1.28. The minimum absolute atomic E-state index is 0.0465. The molecule has 0 spiro atoms. The summed E-state index contributed by atoms with van der Waals surface area (Å²) in [5.74, 6) is -2.30. The van der Waals surface area contributed by atoms with E-state index in [1.807, 2.05) is 6.07 Å². The van der Waals surface area contributed by atoms with Crippen LogP contribution in [0.15, 0.2) is 0 Å². The molecule has 0 aliphatic carbocycles. The van der Waals surface area contributed by atoms with E-state index in [1.54, 1.807) is 20.8 Å². The molecule has 0 heterocycles. The molecule has 0 saturated carbocycles. The number of nitriles is 1.